The van der Waals surface area contributed by atoms with E-state index in [9.17, 15) is 9.59 Å². The van der Waals surface area contributed by atoms with Gasteiger partial charge in [-0.05, 0) is 18.2 Å². The summed E-state index contributed by atoms with van der Waals surface area (Å²) < 4.78 is 1.28. The molecule has 0 bridgehead atoms. The molecule has 2 aromatic heterocycles. The zero-order chi connectivity index (χ0) is 19.7. The van der Waals surface area contributed by atoms with Gasteiger partial charge in [-0.1, -0.05) is 41.4 Å². The van der Waals surface area contributed by atoms with E-state index in [0.29, 0.717) is 48.3 Å². The van der Waals surface area contributed by atoms with E-state index in [1.807, 2.05) is 23.1 Å². The predicted molar refractivity (Wildman–Crippen MR) is 109 cm³/mol. The van der Waals surface area contributed by atoms with Crippen molar-refractivity contribution in [3.63, 3.8) is 0 Å². The van der Waals surface area contributed by atoms with Gasteiger partial charge in [-0.15, -0.1) is 0 Å². The van der Waals surface area contributed by atoms with E-state index >= 15 is 0 Å². The van der Waals surface area contributed by atoms with E-state index in [1.165, 1.54) is 4.68 Å². The maximum Gasteiger partial charge on any atom is 0.292 e. The van der Waals surface area contributed by atoms with Gasteiger partial charge in [0.25, 0.3) is 11.5 Å². The zero-order valence-electron chi connectivity index (χ0n) is 14.8. The number of amides is 1. The number of anilines is 1. The Morgan fingerprint density at radius 1 is 1.07 bits per heavy atom. The normalized spacial score (nSPS) is 14.4. The first-order valence-corrected chi connectivity index (χ1v) is 9.51. The summed E-state index contributed by atoms with van der Waals surface area (Å²) in [5.74, 6) is -0.102. The number of carbonyl (C=O) groups excluding carboxylic acids is 1. The molecular formula is C19H17Cl2N5O2. The Labute approximate surface area is 171 Å². The average molecular weight is 418 g/mol. The van der Waals surface area contributed by atoms with Crippen LogP contribution < -0.4 is 10.5 Å². The minimum Gasteiger partial charge on any atom is -0.365 e. The van der Waals surface area contributed by atoms with Crippen LogP contribution in [0.3, 0.4) is 0 Å². The number of piperazine rings is 1. The summed E-state index contributed by atoms with van der Waals surface area (Å²) in [6, 6.07) is 10.7. The summed E-state index contributed by atoms with van der Waals surface area (Å²) in [5, 5.41) is 4.89. The number of carbonyl (C=O) groups is 1. The quantitative estimate of drug-likeness (QED) is 0.710. The second-order valence-electron chi connectivity index (χ2n) is 6.41. The molecule has 0 saturated carbocycles. The van der Waals surface area contributed by atoms with Crippen molar-refractivity contribution in [1.29, 1.82) is 0 Å². The molecule has 3 heterocycles. The Hall–Kier alpha value is -2.77. The van der Waals surface area contributed by atoms with Gasteiger partial charge in [0.05, 0.1) is 22.6 Å². The predicted octanol–water partition coefficient (Wildman–Crippen LogP) is 2.83. The number of nitrogens with one attached hydrogen (secondary N) is 1. The lowest BCUT2D eigenvalue weighted by Crippen LogP contribution is -2.49. The van der Waals surface area contributed by atoms with Crippen LogP contribution in [0.5, 0.6) is 0 Å². The van der Waals surface area contributed by atoms with E-state index in [4.69, 9.17) is 23.2 Å². The molecule has 144 valence electrons. The largest absolute Gasteiger partial charge is 0.365 e. The highest BCUT2D eigenvalue weighted by atomic mass is 35.5. The third kappa shape index (κ3) is 3.50. The van der Waals surface area contributed by atoms with Gasteiger partial charge in [0, 0.05) is 32.4 Å². The maximum absolute atomic E-state index is 12.7. The van der Waals surface area contributed by atoms with Gasteiger partial charge in [-0.3, -0.25) is 9.59 Å². The summed E-state index contributed by atoms with van der Waals surface area (Å²) in [6.07, 6.45) is 3.18. The molecule has 0 aliphatic carbocycles. The standard InChI is InChI=1S/C19H17Cl2N5O2/c20-13-10-15(22-11-13)18(27)25-8-6-24(7-9-25)16-12-23-26(19(28)17(16)21)14-4-2-1-3-5-14/h1-5,10-12,22H,6-9H2. The molecule has 1 aliphatic rings. The molecule has 1 amide bonds. The lowest BCUT2D eigenvalue weighted by Gasteiger charge is -2.36. The van der Waals surface area contributed by atoms with Gasteiger partial charge in [0.15, 0.2) is 0 Å². The molecule has 4 rings (SSSR count). The number of halogens is 2. The molecule has 0 unspecified atom stereocenters. The van der Waals surface area contributed by atoms with Crippen molar-refractivity contribution in [3.8, 4) is 5.69 Å². The molecule has 1 N–H and O–H groups in total. The number of rotatable bonds is 3. The molecule has 28 heavy (non-hydrogen) atoms. The summed E-state index contributed by atoms with van der Waals surface area (Å²) in [6.45, 7) is 2.12. The molecule has 7 nitrogen and oxygen atoms in total. The number of aromatic amines is 1. The van der Waals surface area contributed by atoms with Crippen LogP contribution in [0.4, 0.5) is 5.69 Å². The first-order chi connectivity index (χ1) is 13.5. The molecule has 0 atom stereocenters. The summed E-state index contributed by atoms with van der Waals surface area (Å²) in [7, 11) is 0. The van der Waals surface area contributed by atoms with Crippen molar-refractivity contribution in [1.82, 2.24) is 19.7 Å². The molecule has 1 saturated heterocycles. The topological polar surface area (TPSA) is 74.2 Å². The molecule has 9 heteroatoms. The first-order valence-electron chi connectivity index (χ1n) is 8.76. The van der Waals surface area contributed by atoms with E-state index < -0.39 is 0 Å². The summed E-state index contributed by atoms with van der Waals surface area (Å²) >= 11 is 12.2. The van der Waals surface area contributed by atoms with Gasteiger partial charge < -0.3 is 14.8 Å². The third-order valence-electron chi connectivity index (χ3n) is 4.69. The SMILES string of the molecule is O=C(c1cc(Cl)c[nH]1)N1CCN(c2cnn(-c3ccccc3)c(=O)c2Cl)CC1. The number of hydrogen-bond donors (Lipinski definition) is 1. The van der Waals surface area contributed by atoms with Crippen LogP contribution in [0.25, 0.3) is 5.69 Å². The minimum atomic E-state index is -0.370. The number of benzene rings is 1. The Morgan fingerprint density at radius 2 is 1.79 bits per heavy atom. The smallest absolute Gasteiger partial charge is 0.292 e. The van der Waals surface area contributed by atoms with Crippen LogP contribution in [0.2, 0.25) is 10.0 Å². The van der Waals surface area contributed by atoms with Crippen molar-refractivity contribution in [3.05, 3.63) is 74.9 Å². The number of hydrogen-bond acceptors (Lipinski definition) is 4. The van der Waals surface area contributed by atoms with Crippen molar-refractivity contribution < 1.29 is 4.79 Å². The lowest BCUT2D eigenvalue weighted by atomic mass is 10.2. The van der Waals surface area contributed by atoms with Gasteiger partial charge in [0.1, 0.15) is 10.7 Å². The zero-order valence-corrected chi connectivity index (χ0v) is 16.3. The van der Waals surface area contributed by atoms with Crippen LogP contribution in [0, 0.1) is 0 Å². The highest BCUT2D eigenvalue weighted by Gasteiger charge is 2.25. The molecule has 1 fully saturated rings. The first kappa shape index (κ1) is 18.6. The average Bonchev–Trinajstić information content (AvgIpc) is 3.16. The Kier molecular flexibility index (Phi) is 5.11. The number of nitrogens with zero attached hydrogens (tertiary/aromatic N) is 4. The van der Waals surface area contributed by atoms with Crippen LogP contribution in [-0.2, 0) is 0 Å². The molecule has 3 aromatic rings. The summed E-state index contributed by atoms with van der Waals surface area (Å²) in [4.78, 5) is 31.7. The fourth-order valence-electron chi connectivity index (χ4n) is 3.21. The molecule has 0 radical (unpaired) electrons. The van der Waals surface area contributed by atoms with Crippen molar-refractivity contribution >= 4 is 34.8 Å². The summed E-state index contributed by atoms with van der Waals surface area (Å²) in [5.41, 5.74) is 1.32. The van der Waals surface area contributed by atoms with E-state index in [-0.39, 0.29) is 16.5 Å². The highest BCUT2D eigenvalue weighted by Crippen LogP contribution is 2.23. The van der Waals surface area contributed by atoms with Crippen LogP contribution in [-0.4, -0.2) is 51.8 Å². The molecule has 1 aromatic carbocycles. The fraction of sp³-hybridized carbons (Fsp3) is 0.211. The van der Waals surface area contributed by atoms with Crippen molar-refractivity contribution in [2.75, 3.05) is 31.1 Å². The van der Waals surface area contributed by atoms with Gasteiger partial charge in [-0.2, -0.15) is 9.78 Å². The van der Waals surface area contributed by atoms with E-state index in [2.05, 4.69) is 10.1 Å². The monoisotopic (exact) mass is 417 g/mol. The van der Waals surface area contributed by atoms with Gasteiger partial charge >= 0.3 is 0 Å². The number of H-pyrrole nitrogens is 1. The Morgan fingerprint density at radius 3 is 2.43 bits per heavy atom. The molecule has 1 aliphatic heterocycles. The number of aromatic nitrogens is 3. The van der Waals surface area contributed by atoms with Crippen molar-refractivity contribution in [2.24, 2.45) is 0 Å². The Balaban J connectivity index is 1.50. The van der Waals surface area contributed by atoms with E-state index in [1.54, 1.807) is 35.5 Å². The highest BCUT2D eigenvalue weighted by molar-refractivity contribution is 6.33. The second-order valence-corrected chi connectivity index (χ2v) is 7.22. The minimum absolute atomic E-state index is 0.102. The van der Waals surface area contributed by atoms with Gasteiger partial charge in [0.2, 0.25) is 0 Å². The van der Waals surface area contributed by atoms with Crippen LogP contribution in [0.1, 0.15) is 10.5 Å². The molecular weight excluding hydrogens is 401 g/mol. The van der Waals surface area contributed by atoms with Crippen LogP contribution in [0.15, 0.2) is 53.6 Å². The maximum atomic E-state index is 12.7. The Bertz CT molecular complexity index is 1060. The van der Waals surface area contributed by atoms with Crippen molar-refractivity contribution in [2.45, 2.75) is 0 Å². The fourth-order valence-corrected chi connectivity index (χ4v) is 3.62. The van der Waals surface area contributed by atoms with Gasteiger partial charge in [-0.25, -0.2) is 0 Å². The third-order valence-corrected chi connectivity index (χ3v) is 5.26. The van der Waals surface area contributed by atoms with Crippen LogP contribution >= 0.6 is 23.2 Å². The van der Waals surface area contributed by atoms with E-state index in [0.717, 1.165) is 0 Å². The lowest BCUT2D eigenvalue weighted by molar-refractivity contribution is 0.0741. The molecule has 0 spiro atoms. The number of para-hydroxylation sites is 1. The second kappa shape index (κ2) is 7.69.